The van der Waals surface area contributed by atoms with E-state index in [1.807, 2.05) is 13.0 Å². The van der Waals surface area contributed by atoms with Crippen LogP contribution in [0.15, 0.2) is 18.2 Å². The summed E-state index contributed by atoms with van der Waals surface area (Å²) in [5, 5.41) is 10.9. The first kappa shape index (κ1) is 9.86. The molecule has 0 amide bonds. The van der Waals surface area contributed by atoms with Crippen LogP contribution in [0.1, 0.15) is 12.5 Å². The fourth-order valence-corrected chi connectivity index (χ4v) is 1.26. The molecule has 4 N–H and O–H groups in total. The Labute approximate surface area is 82.4 Å². The zero-order chi connectivity index (χ0) is 9.84. The monoisotopic (exact) mass is 197 g/mol. The fourth-order valence-electron chi connectivity index (χ4n) is 1.02. The molecule has 0 spiro atoms. The van der Waals surface area contributed by atoms with E-state index in [4.69, 9.17) is 22.7 Å². The van der Waals surface area contributed by atoms with Gasteiger partial charge in [0.15, 0.2) is 0 Å². The fraction of sp³-hybridized carbons (Fsp3) is 0.222. The van der Waals surface area contributed by atoms with Crippen molar-refractivity contribution in [3.05, 3.63) is 28.8 Å². The van der Waals surface area contributed by atoms with Gasteiger partial charge in [-0.2, -0.15) is 0 Å². The summed E-state index contributed by atoms with van der Waals surface area (Å²) in [6.07, 6.45) is 0. The van der Waals surface area contributed by atoms with Crippen molar-refractivity contribution in [2.45, 2.75) is 6.92 Å². The van der Waals surface area contributed by atoms with Crippen molar-refractivity contribution < 1.29 is 0 Å². The minimum atomic E-state index is 0.0324. The number of nitrogens with one attached hydrogen (secondary N) is 2. The topological polar surface area (TPSA) is 61.9 Å². The van der Waals surface area contributed by atoms with Gasteiger partial charge >= 0.3 is 0 Å². The number of benzene rings is 1. The number of nitrogen functional groups attached to an aromatic ring is 1. The van der Waals surface area contributed by atoms with Gasteiger partial charge in [-0.05, 0) is 25.1 Å². The number of hydrogen-bond donors (Lipinski definition) is 3. The summed E-state index contributed by atoms with van der Waals surface area (Å²) >= 11 is 5.94. The van der Waals surface area contributed by atoms with E-state index in [2.05, 4.69) is 5.32 Å². The predicted octanol–water partition coefficient (Wildman–Crippen LogP) is 2.06. The van der Waals surface area contributed by atoms with Crippen LogP contribution in [0.4, 0.5) is 5.69 Å². The molecule has 1 rings (SSSR count). The largest absolute Gasteiger partial charge is 0.384 e. The van der Waals surface area contributed by atoms with Crippen molar-refractivity contribution in [1.82, 2.24) is 0 Å². The van der Waals surface area contributed by atoms with Crippen LogP contribution >= 0.6 is 11.6 Å². The van der Waals surface area contributed by atoms with E-state index < -0.39 is 0 Å². The van der Waals surface area contributed by atoms with E-state index in [1.165, 1.54) is 0 Å². The molecular weight excluding hydrogens is 186 g/mol. The summed E-state index contributed by atoms with van der Waals surface area (Å²) < 4.78 is 0. The highest BCUT2D eigenvalue weighted by Gasteiger charge is 2.01. The van der Waals surface area contributed by atoms with Crippen molar-refractivity contribution >= 4 is 23.1 Å². The number of rotatable bonds is 3. The second-order valence-electron chi connectivity index (χ2n) is 2.64. The highest BCUT2D eigenvalue weighted by atomic mass is 35.5. The molecule has 4 heteroatoms. The van der Waals surface area contributed by atoms with Crippen molar-refractivity contribution in [2.75, 3.05) is 11.9 Å². The molecule has 1 aromatic rings. The first-order chi connectivity index (χ1) is 6.15. The summed E-state index contributed by atoms with van der Waals surface area (Å²) in [6, 6.07) is 5.27. The molecule has 0 bridgehead atoms. The molecule has 0 aliphatic rings. The number of nitrogens with two attached hydrogens (primary N) is 1. The van der Waals surface area contributed by atoms with Gasteiger partial charge in [-0.1, -0.05) is 11.6 Å². The Kier molecular flexibility index (Phi) is 3.14. The minimum Gasteiger partial charge on any atom is -0.384 e. The van der Waals surface area contributed by atoms with Crippen LogP contribution in [-0.2, 0) is 0 Å². The van der Waals surface area contributed by atoms with E-state index in [-0.39, 0.29) is 5.84 Å². The lowest BCUT2D eigenvalue weighted by molar-refractivity contribution is 1.21. The average Bonchev–Trinajstić information content (AvgIpc) is 2.08. The molecule has 3 nitrogen and oxygen atoms in total. The maximum absolute atomic E-state index is 7.20. The van der Waals surface area contributed by atoms with Gasteiger partial charge in [-0.3, -0.25) is 5.41 Å². The second-order valence-corrected chi connectivity index (χ2v) is 3.05. The van der Waals surface area contributed by atoms with Crippen molar-refractivity contribution in [3.63, 3.8) is 0 Å². The molecule has 0 fully saturated rings. The Morgan fingerprint density at radius 1 is 1.62 bits per heavy atom. The molecule has 13 heavy (non-hydrogen) atoms. The minimum absolute atomic E-state index is 0.0324. The number of hydrogen-bond acceptors (Lipinski definition) is 2. The average molecular weight is 198 g/mol. The maximum Gasteiger partial charge on any atom is 0.122 e. The lowest BCUT2D eigenvalue weighted by Gasteiger charge is -2.06. The number of amidine groups is 1. The van der Waals surface area contributed by atoms with Crippen molar-refractivity contribution in [3.8, 4) is 0 Å². The molecule has 0 aliphatic heterocycles. The molecule has 0 aliphatic carbocycles. The van der Waals surface area contributed by atoms with Crippen LogP contribution in [0.25, 0.3) is 0 Å². The smallest absolute Gasteiger partial charge is 0.122 e. The maximum atomic E-state index is 7.20. The van der Waals surface area contributed by atoms with Gasteiger partial charge in [0.2, 0.25) is 0 Å². The Morgan fingerprint density at radius 3 is 2.77 bits per heavy atom. The van der Waals surface area contributed by atoms with E-state index in [9.17, 15) is 0 Å². The van der Waals surface area contributed by atoms with E-state index in [0.29, 0.717) is 10.6 Å². The van der Waals surface area contributed by atoms with Gasteiger partial charge in [-0.25, -0.2) is 0 Å². The molecule has 1 aromatic carbocycles. The number of anilines is 1. The van der Waals surface area contributed by atoms with Crippen LogP contribution in [0.2, 0.25) is 5.02 Å². The van der Waals surface area contributed by atoms with Crippen LogP contribution in [-0.4, -0.2) is 12.4 Å². The molecule has 0 saturated heterocycles. The zero-order valence-corrected chi connectivity index (χ0v) is 8.15. The molecular formula is C9H12ClN3. The van der Waals surface area contributed by atoms with Gasteiger partial charge < -0.3 is 11.1 Å². The summed E-state index contributed by atoms with van der Waals surface area (Å²) in [6.45, 7) is 2.81. The van der Waals surface area contributed by atoms with Crippen LogP contribution in [0.3, 0.4) is 0 Å². The summed E-state index contributed by atoms with van der Waals surface area (Å²) in [5.74, 6) is 0.0324. The molecule has 0 saturated carbocycles. The van der Waals surface area contributed by atoms with Gasteiger partial charge in [0.1, 0.15) is 5.84 Å². The van der Waals surface area contributed by atoms with Gasteiger partial charge in [-0.15, -0.1) is 0 Å². The Hall–Kier alpha value is -1.22. The highest BCUT2D eigenvalue weighted by Crippen LogP contribution is 2.22. The normalized spacial score (nSPS) is 9.69. The van der Waals surface area contributed by atoms with Crippen molar-refractivity contribution in [2.24, 2.45) is 5.73 Å². The van der Waals surface area contributed by atoms with E-state index in [1.54, 1.807) is 12.1 Å². The molecule has 0 atom stereocenters. The third-order valence-corrected chi connectivity index (χ3v) is 1.96. The van der Waals surface area contributed by atoms with Gasteiger partial charge in [0.25, 0.3) is 0 Å². The van der Waals surface area contributed by atoms with Gasteiger partial charge in [0, 0.05) is 12.1 Å². The predicted molar refractivity (Wildman–Crippen MR) is 56.6 cm³/mol. The van der Waals surface area contributed by atoms with Gasteiger partial charge in [0.05, 0.1) is 10.7 Å². The highest BCUT2D eigenvalue weighted by molar-refractivity contribution is 6.33. The number of halogens is 1. The molecule has 70 valence electrons. The van der Waals surface area contributed by atoms with E-state index >= 15 is 0 Å². The third-order valence-electron chi connectivity index (χ3n) is 1.65. The SMILES string of the molecule is CCNc1ccc(C(=N)N)cc1Cl. The summed E-state index contributed by atoms with van der Waals surface area (Å²) in [4.78, 5) is 0. The molecule has 0 unspecified atom stereocenters. The molecule has 0 aromatic heterocycles. The first-order valence-corrected chi connectivity index (χ1v) is 4.40. The first-order valence-electron chi connectivity index (χ1n) is 4.03. The second kappa shape index (κ2) is 4.14. The lowest BCUT2D eigenvalue weighted by atomic mass is 10.2. The molecule has 0 radical (unpaired) electrons. The Bertz CT molecular complexity index is 323. The summed E-state index contributed by atoms with van der Waals surface area (Å²) in [5.41, 5.74) is 6.83. The van der Waals surface area contributed by atoms with E-state index in [0.717, 1.165) is 12.2 Å². The van der Waals surface area contributed by atoms with Crippen LogP contribution in [0, 0.1) is 5.41 Å². The quantitative estimate of drug-likeness (QED) is 0.513. The summed E-state index contributed by atoms with van der Waals surface area (Å²) in [7, 11) is 0. The molecule has 0 heterocycles. The third kappa shape index (κ3) is 2.36. The lowest BCUT2D eigenvalue weighted by Crippen LogP contribution is -2.11. The Balaban J connectivity index is 2.98. The standard InChI is InChI=1S/C9H12ClN3/c1-2-13-8-4-3-6(9(11)12)5-7(8)10/h3-5,13H,2H2,1H3,(H3,11,12). The zero-order valence-electron chi connectivity index (χ0n) is 7.39. The van der Waals surface area contributed by atoms with Crippen LogP contribution < -0.4 is 11.1 Å². The Morgan fingerprint density at radius 2 is 2.31 bits per heavy atom. The van der Waals surface area contributed by atoms with Crippen molar-refractivity contribution in [1.29, 1.82) is 5.41 Å². The van der Waals surface area contributed by atoms with Crippen LogP contribution in [0.5, 0.6) is 0 Å².